The lowest BCUT2D eigenvalue weighted by Gasteiger charge is -2.34. The Morgan fingerprint density at radius 3 is 2.65 bits per heavy atom. The average Bonchev–Trinajstić information content (AvgIpc) is 3.24. The summed E-state index contributed by atoms with van der Waals surface area (Å²) in [5.41, 5.74) is 2.49. The van der Waals surface area contributed by atoms with Gasteiger partial charge in [0.05, 0.1) is 18.0 Å². The van der Waals surface area contributed by atoms with Gasteiger partial charge in [0.1, 0.15) is 17.0 Å². The van der Waals surface area contributed by atoms with Gasteiger partial charge in [-0.3, -0.25) is 9.48 Å². The number of piperazine rings is 1. The molecule has 0 saturated carbocycles. The quantitative estimate of drug-likeness (QED) is 0.707. The monoisotopic (exact) mass is 371 g/mol. The van der Waals surface area contributed by atoms with Crippen molar-refractivity contribution in [2.24, 2.45) is 7.05 Å². The molecule has 0 bridgehead atoms. The number of thiazole rings is 1. The normalized spacial score (nSPS) is 14.9. The molecule has 1 aliphatic rings. The number of amides is 1. The van der Waals surface area contributed by atoms with Crippen LogP contribution in [0.5, 0.6) is 5.75 Å². The number of ether oxygens (including phenoxy) is 1. The molecule has 0 unspecified atom stereocenters. The van der Waals surface area contributed by atoms with Gasteiger partial charge in [0.2, 0.25) is 0 Å². The standard InChI is InChI=1S/C18H21N5O2S/c1-12-11-19-21(2)16(12)17(24)22-7-9-23(10-8-22)18-20-15-13(25-3)5-4-6-14(15)26-18/h4-6,11H,7-10H2,1-3H3. The van der Waals surface area contributed by atoms with Crippen molar-refractivity contribution in [2.45, 2.75) is 6.92 Å². The molecule has 1 saturated heterocycles. The Kier molecular flexibility index (Phi) is 4.28. The topological polar surface area (TPSA) is 63.5 Å². The van der Waals surface area contributed by atoms with E-state index >= 15 is 0 Å². The molecule has 7 nitrogen and oxygen atoms in total. The molecule has 3 heterocycles. The van der Waals surface area contributed by atoms with E-state index in [1.165, 1.54) is 0 Å². The lowest BCUT2D eigenvalue weighted by atomic mass is 10.2. The second-order valence-electron chi connectivity index (χ2n) is 6.38. The van der Waals surface area contributed by atoms with E-state index in [4.69, 9.17) is 9.72 Å². The third-order valence-corrected chi connectivity index (χ3v) is 5.83. The highest BCUT2D eigenvalue weighted by Gasteiger charge is 2.26. The van der Waals surface area contributed by atoms with E-state index < -0.39 is 0 Å². The minimum atomic E-state index is 0.0492. The zero-order chi connectivity index (χ0) is 18.3. The predicted octanol–water partition coefficient (Wildman–Crippen LogP) is 2.31. The maximum absolute atomic E-state index is 12.8. The molecule has 0 radical (unpaired) electrons. The third-order valence-electron chi connectivity index (χ3n) is 4.75. The van der Waals surface area contributed by atoms with Crippen molar-refractivity contribution in [3.05, 3.63) is 35.7 Å². The summed E-state index contributed by atoms with van der Waals surface area (Å²) in [5, 5.41) is 5.15. The van der Waals surface area contributed by atoms with Crippen LogP contribution in [0.1, 0.15) is 16.1 Å². The maximum atomic E-state index is 12.8. The Balaban J connectivity index is 1.49. The molecule has 0 N–H and O–H groups in total. The zero-order valence-electron chi connectivity index (χ0n) is 15.1. The highest BCUT2D eigenvalue weighted by molar-refractivity contribution is 7.22. The molecule has 1 fully saturated rings. The number of methoxy groups -OCH3 is 1. The Labute approximate surface area is 155 Å². The average molecular weight is 371 g/mol. The second kappa shape index (κ2) is 6.60. The van der Waals surface area contributed by atoms with Crippen LogP contribution in [0.15, 0.2) is 24.4 Å². The number of aryl methyl sites for hydroxylation is 2. The van der Waals surface area contributed by atoms with Gasteiger partial charge in [0, 0.05) is 33.2 Å². The van der Waals surface area contributed by atoms with Crippen molar-refractivity contribution in [2.75, 3.05) is 38.2 Å². The number of aromatic nitrogens is 3. The number of carbonyl (C=O) groups is 1. The fourth-order valence-corrected chi connectivity index (χ4v) is 4.35. The molecular weight excluding hydrogens is 350 g/mol. The smallest absolute Gasteiger partial charge is 0.272 e. The van der Waals surface area contributed by atoms with E-state index in [2.05, 4.69) is 16.1 Å². The molecule has 26 heavy (non-hydrogen) atoms. The van der Waals surface area contributed by atoms with E-state index in [0.717, 1.165) is 39.8 Å². The van der Waals surface area contributed by atoms with Gasteiger partial charge in [-0.25, -0.2) is 4.98 Å². The van der Waals surface area contributed by atoms with Gasteiger partial charge in [0.15, 0.2) is 5.13 Å². The summed E-state index contributed by atoms with van der Waals surface area (Å²) in [7, 11) is 3.48. The summed E-state index contributed by atoms with van der Waals surface area (Å²) in [6, 6.07) is 5.97. The molecule has 0 spiro atoms. The van der Waals surface area contributed by atoms with E-state index in [1.807, 2.05) is 31.0 Å². The van der Waals surface area contributed by atoms with E-state index in [9.17, 15) is 4.79 Å². The zero-order valence-corrected chi connectivity index (χ0v) is 15.9. The van der Waals surface area contributed by atoms with Gasteiger partial charge < -0.3 is 14.5 Å². The molecule has 1 aromatic carbocycles. The number of nitrogens with zero attached hydrogens (tertiary/aromatic N) is 5. The Morgan fingerprint density at radius 2 is 2.00 bits per heavy atom. The lowest BCUT2D eigenvalue weighted by Crippen LogP contribution is -2.49. The first-order valence-electron chi connectivity index (χ1n) is 8.55. The van der Waals surface area contributed by atoms with Crippen LogP contribution in [0.25, 0.3) is 10.2 Å². The molecule has 136 valence electrons. The van der Waals surface area contributed by atoms with Crippen LogP contribution in [0, 0.1) is 6.92 Å². The van der Waals surface area contributed by atoms with Crippen molar-refractivity contribution in [3.63, 3.8) is 0 Å². The van der Waals surface area contributed by atoms with Gasteiger partial charge in [-0.15, -0.1) is 0 Å². The summed E-state index contributed by atoms with van der Waals surface area (Å²) >= 11 is 1.66. The first-order valence-corrected chi connectivity index (χ1v) is 9.36. The maximum Gasteiger partial charge on any atom is 0.272 e. The van der Waals surface area contributed by atoms with Gasteiger partial charge >= 0.3 is 0 Å². The molecular formula is C18H21N5O2S. The summed E-state index contributed by atoms with van der Waals surface area (Å²) < 4.78 is 8.18. The SMILES string of the molecule is COc1cccc2sc(N3CCN(C(=O)c4c(C)cnn4C)CC3)nc12. The van der Waals surface area contributed by atoms with Crippen LogP contribution < -0.4 is 9.64 Å². The number of fused-ring (bicyclic) bond motifs is 1. The number of hydrogen-bond donors (Lipinski definition) is 0. The largest absolute Gasteiger partial charge is 0.494 e. The Bertz CT molecular complexity index is 936. The first kappa shape index (κ1) is 16.8. The number of anilines is 1. The van der Waals surface area contributed by atoms with Gasteiger partial charge in [-0.1, -0.05) is 17.4 Å². The molecule has 3 aromatic rings. The van der Waals surface area contributed by atoms with Crippen LogP contribution in [0.3, 0.4) is 0 Å². The minimum Gasteiger partial charge on any atom is -0.494 e. The Morgan fingerprint density at radius 1 is 1.23 bits per heavy atom. The number of para-hydroxylation sites is 1. The highest BCUT2D eigenvalue weighted by atomic mass is 32.1. The predicted molar refractivity (Wildman–Crippen MR) is 102 cm³/mol. The van der Waals surface area contributed by atoms with Crippen LogP contribution >= 0.6 is 11.3 Å². The molecule has 0 aliphatic carbocycles. The van der Waals surface area contributed by atoms with Gasteiger partial charge in [0.25, 0.3) is 5.91 Å². The Hall–Kier alpha value is -2.61. The number of benzene rings is 1. The second-order valence-corrected chi connectivity index (χ2v) is 7.39. The summed E-state index contributed by atoms with van der Waals surface area (Å²) in [6.45, 7) is 4.81. The molecule has 1 aliphatic heterocycles. The fraction of sp³-hybridized carbons (Fsp3) is 0.389. The van der Waals surface area contributed by atoms with Gasteiger partial charge in [-0.2, -0.15) is 5.10 Å². The third kappa shape index (κ3) is 2.80. The molecule has 1 amide bonds. The summed E-state index contributed by atoms with van der Waals surface area (Å²) in [4.78, 5) is 21.7. The van der Waals surface area contributed by atoms with Crippen molar-refractivity contribution in [3.8, 4) is 5.75 Å². The van der Waals surface area contributed by atoms with Gasteiger partial charge in [-0.05, 0) is 24.6 Å². The molecule has 2 aromatic heterocycles. The van der Waals surface area contributed by atoms with Crippen LogP contribution in [-0.4, -0.2) is 58.9 Å². The highest BCUT2D eigenvalue weighted by Crippen LogP contribution is 2.34. The number of hydrogen-bond acceptors (Lipinski definition) is 6. The van der Waals surface area contributed by atoms with Crippen LogP contribution in [0.4, 0.5) is 5.13 Å². The van der Waals surface area contributed by atoms with Crippen molar-refractivity contribution < 1.29 is 9.53 Å². The van der Waals surface area contributed by atoms with Crippen molar-refractivity contribution >= 4 is 32.6 Å². The van der Waals surface area contributed by atoms with Crippen LogP contribution in [-0.2, 0) is 7.05 Å². The van der Waals surface area contributed by atoms with Crippen molar-refractivity contribution in [1.82, 2.24) is 19.7 Å². The molecule has 4 rings (SSSR count). The fourth-order valence-electron chi connectivity index (χ4n) is 3.32. The lowest BCUT2D eigenvalue weighted by molar-refractivity contribution is 0.0735. The number of carbonyl (C=O) groups excluding carboxylic acids is 1. The molecule has 0 atom stereocenters. The summed E-state index contributed by atoms with van der Waals surface area (Å²) in [6.07, 6.45) is 1.73. The first-order chi connectivity index (χ1) is 12.6. The van der Waals surface area contributed by atoms with Crippen molar-refractivity contribution in [1.29, 1.82) is 0 Å². The van der Waals surface area contributed by atoms with E-state index in [0.29, 0.717) is 18.8 Å². The molecule has 8 heteroatoms. The number of rotatable bonds is 3. The minimum absolute atomic E-state index is 0.0492. The summed E-state index contributed by atoms with van der Waals surface area (Å²) in [5.74, 6) is 0.846. The van der Waals surface area contributed by atoms with Crippen LogP contribution in [0.2, 0.25) is 0 Å². The van der Waals surface area contributed by atoms with E-state index in [1.54, 1.807) is 29.3 Å². The van der Waals surface area contributed by atoms with E-state index in [-0.39, 0.29) is 5.91 Å².